The molecule has 184 valence electrons. The van der Waals surface area contributed by atoms with E-state index in [1.807, 2.05) is 56.3 Å². The van der Waals surface area contributed by atoms with Gasteiger partial charge in [0.2, 0.25) is 0 Å². The van der Waals surface area contributed by atoms with Crippen LogP contribution in [-0.4, -0.2) is 36.6 Å². The van der Waals surface area contributed by atoms with Crippen molar-refractivity contribution in [3.05, 3.63) is 95.6 Å². The molecule has 1 saturated heterocycles. The number of rotatable bonds is 7. The fraction of sp³-hybridized carbons (Fsp3) is 0.290. The lowest BCUT2D eigenvalue weighted by Gasteiger charge is -2.30. The summed E-state index contributed by atoms with van der Waals surface area (Å²) in [7, 11) is 0. The quantitative estimate of drug-likeness (QED) is 0.407. The monoisotopic (exact) mass is 480 g/mol. The fourth-order valence-electron chi connectivity index (χ4n) is 5.06. The number of hydrogen-bond donors (Lipinski definition) is 2. The first-order valence-electron chi connectivity index (χ1n) is 12.9. The fourth-order valence-corrected chi connectivity index (χ4v) is 5.06. The van der Waals surface area contributed by atoms with Crippen LogP contribution in [-0.2, 0) is 6.54 Å². The molecule has 3 aromatic carbocycles. The van der Waals surface area contributed by atoms with Crippen LogP contribution in [0.25, 0.3) is 22.2 Å². The van der Waals surface area contributed by atoms with E-state index in [1.165, 1.54) is 5.56 Å². The molecule has 5 rings (SSSR count). The van der Waals surface area contributed by atoms with Gasteiger partial charge in [0.05, 0.1) is 36.5 Å². The molecule has 0 unspecified atom stereocenters. The Kier molecular flexibility index (Phi) is 7.28. The van der Waals surface area contributed by atoms with Crippen LogP contribution in [0.1, 0.15) is 41.3 Å². The number of nitrogens with zero attached hydrogens (tertiary/aromatic N) is 1. The molecule has 1 fully saturated rings. The number of aromatic nitrogens is 1. The van der Waals surface area contributed by atoms with E-state index >= 15 is 0 Å². The third-order valence-corrected chi connectivity index (χ3v) is 6.99. The predicted molar refractivity (Wildman–Crippen MR) is 144 cm³/mol. The zero-order valence-corrected chi connectivity index (χ0v) is 21.1. The van der Waals surface area contributed by atoms with Gasteiger partial charge < -0.3 is 15.0 Å². The second-order valence-electron chi connectivity index (χ2n) is 9.69. The summed E-state index contributed by atoms with van der Waals surface area (Å²) in [4.78, 5) is 20.0. The topological polar surface area (TPSA) is 55.7 Å². The van der Waals surface area contributed by atoms with Gasteiger partial charge in [-0.15, -0.1) is 0 Å². The maximum Gasteiger partial charge on any atom is 0.252 e. The predicted octanol–water partition coefficient (Wildman–Crippen LogP) is 4.59. The van der Waals surface area contributed by atoms with Crippen LogP contribution in [0.2, 0.25) is 0 Å². The van der Waals surface area contributed by atoms with Crippen LogP contribution in [0, 0.1) is 6.92 Å². The second-order valence-corrected chi connectivity index (χ2v) is 9.69. The highest BCUT2D eigenvalue weighted by Crippen LogP contribution is 2.27. The summed E-state index contributed by atoms with van der Waals surface area (Å²) >= 11 is 0. The van der Waals surface area contributed by atoms with Crippen molar-refractivity contribution in [2.45, 2.75) is 39.3 Å². The van der Waals surface area contributed by atoms with Crippen LogP contribution in [0.5, 0.6) is 5.75 Å². The number of aryl methyl sites for hydroxylation is 1. The molecule has 0 bridgehead atoms. The highest BCUT2D eigenvalue weighted by atomic mass is 16.5. The minimum absolute atomic E-state index is 0.0169. The number of pyridine rings is 1. The Morgan fingerprint density at radius 2 is 1.75 bits per heavy atom. The van der Waals surface area contributed by atoms with Crippen molar-refractivity contribution in [3.63, 3.8) is 0 Å². The van der Waals surface area contributed by atoms with E-state index in [0.717, 1.165) is 65.9 Å². The normalized spacial score (nSPS) is 17.6. The van der Waals surface area contributed by atoms with E-state index in [4.69, 9.17) is 9.72 Å². The van der Waals surface area contributed by atoms with Crippen LogP contribution < -0.4 is 15.0 Å². The lowest BCUT2D eigenvalue weighted by Crippen LogP contribution is -3.12. The Balaban J connectivity index is 1.34. The molecule has 1 aliphatic heterocycles. The number of fused-ring (bicyclic) bond motifs is 1. The lowest BCUT2D eigenvalue weighted by molar-refractivity contribution is -0.918. The molecule has 0 radical (unpaired) electrons. The van der Waals surface area contributed by atoms with Crippen LogP contribution in [0.15, 0.2) is 78.9 Å². The van der Waals surface area contributed by atoms with Crippen LogP contribution in [0.4, 0.5) is 0 Å². The highest BCUT2D eigenvalue weighted by Gasteiger charge is 2.25. The number of quaternary nitrogens is 1. The Morgan fingerprint density at radius 3 is 2.47 bits per heavy atom. The van der Waals surface area contributed by atoms with Crippen LogP contribution >= 0.6 is 0 Å². The molecule has 1 amide bonds. The summed E-state index contributed by atoms with van der Waals surface area (Å²) in [6.07, 6.45) is 1.98. The maximum atomic E-state index is 13.6. The molecular weight excluding hydrogens is 446 g/mol. The van der Waals surface area contributed by atoms with Gasteiger partial charge in [-0.1, -0.05) is 42.0 Å². The molecule has 0 atom stereocenters. The van der Waals surface area contributed by atoms with Gasteiger partial charge in [0.25, 0.3) is 5.91 Å². The molecule has 4 aromatic rings. The van der Waals surface area contributed by atoms with E-state index in [0.29, 0.717) is 12.2 Å². The molecular formula is C31H34N3O2+. The average Bonchev–Trinajstić information content (AvgIpc) is 2.90. The van der Waals surface area contributed by atoms with Gasteiger partial charge in [-0.3, -0.25) is 4.79 Å². The standard InChI is InChI=1S/C31H33N3O2/c1-3-36-26-12-10-24(11-13-26)30-20-28(27-19-22(2)9-14-29(27)33-30)31(35)32-25-15-17-34(18-16-25)21-23-7-5-4-6-8-23/h4-14,19-20,25H,3,15-18,21H2,1-2H3,(H,32,35)/p+1. The Morgan fingerprint density at radius 1 is 1.00 bits per heavy atom. The number of nitrogens with one attached hydrogen (secondary N) is 2. The van der Waals surface area contributed by atoms with Crippen molar-refractivity contribution in [1.29, 1.82) is 0 Å². The number of benzene rings is 3. The molecule has 2 N–H and O–H groups in total. The average molecular weight is 481 g/mol. The van der Waals surface area contributed by atoms with Crippen molar-refractivity contribution < 1.29 is 14.4 Å². The molecule has 0 aliphatic carbocycles. The Labute approximate surface area is 213 Å². The summed E-state index contributed by atoms with van der Waals surface area (Å²) in [5.41, 5.74) is 5.76. The molecule has 1 aromatic heterocycles. The minimum atomic E-state index is -0.0169. The number of likely N-dealkylation sites (tertiary alicyclic amines) is 1. The van der Waals surface area contributed by atoms with Crippen molar-refractivity contribution in [1.82, 2.24) is 10.3 Å². The maximum absolute atomic E-state index is 13.6. The Hall–Kier alpha value is -3.70. The summed E-state index contributed by atoms with van der Waals surface area (Å²) < 4.78 is 5.58. The number of carbonyl (C=O) groups excluding carboxylic acids is 1. The SMILES string of the molecule is CCOc1ccc(-c2cc(C(=O)NC3CC[NH+](Cc4ccccc4)CC3)c3cc(C)ccc3n2)cc1. The van der Waals surface area contributed by atoms with E-state index in [9.17, 15) is 4.79 Å². The Bertz CT molecular complexity index is 1330. The third-order valence-electron chi connectivity index (χ3n) is 6.99. The first-order chi connectivity index (χ1) is 17.6. The van der Waals surface area contributed by atoms with Gasteiger partial charge >= 0.3 is 0 Å². The van der Waals surface area contributed by atoms with Gasteiger partial charge in [-0.2, -0.15) is 0 Å². The van der Waals surface area contributed by atoms with E-state index in [-0.39, 0.29) is 11.9 Å². The van der Waals surface area contributed by atoms with Crippen molar-refractivity contribution in [3.8, 4) is 17.0 Å². The zero-order chi connectivity index (χ0) is 24.9. The smallest absolute Gasteiger partial charge is 0.252 e. The van der Waals surface area contributed by atoms with Gasteiger partial charge in [0.15, 0.2) is 0 Å². The van der Waals surface area contributed by atoms with Gasteiger partial charge in [0, 0.05) is 35.4 Å². The molecule has 5 heteroatoms. The summed E-state index contributed by atoms with van der Waals surface area (Å²) in [6.45, 7) is 7.82. The van der Waals surface area contributed by atoms with Crippen LogP contribution in [0.3, 0.4) is 0 Å². The second kappa shape index (κ2) is 10.9. The summed E-state index contributed by atoms with van der Waals surface area (Å²) in [5.74, 6) is 0.813. The van der Waals surface area contributed by atoms with E-state index < -0.39 is 0 Å². The number of piperidine rings is 1. The van der Waals surface area contributed by atoms with E-state index in [2.05, 4.69) is 41.7 Å². The number of amides is 1. The molecule has 1 aliphatic rings. The van der Waals surface area contributed by atoms with Crippen molar-refractivity contribution >= 4 is 16.8 Å². The molecule has 2 heterocycles. The summed E-state index contributed by atoms with van der Waals surface area (Å²) in [6, 6.07) is 26.8. The third kappa shape index (κ3) is 5.58. The lowest BCUT2D eigenvalue weighted by atomic mass is 10.00. The van der Waals surface area contributed by atoms with Crippen molar-refractivity contribution in [2.75, 3.05) is 19.7 Å². The minimum Gasteiger partial charge on any atom is -0.494 e. The van der Waals surface area contributed by atoms with Crippen molar-refractivity contribution in [2.24, 2.45) is 0 Å². The van der Waals surface area contributed by atoms with Gasteiger partial charge in [-0.25, -0.2) is 4.98 Å². The number of carbonyl (C=O) groups is 1. The molecule has 36 heavy (non-hydrogen) atoms. The molecule has 5 nitrogen and oxygen atoms in total. The van der Waals surface area contributed by atoms with Gasteiger partial charge in [-0.05, 0) is 56.3 Å². The largest absolute Gasteiger partial charge is 0.494 e. The molecule has 0 saturated carbocycles. The number of hydrogen-bond acceptors (Lipinski definition) is 3. The highest BCUT2D eigenvalue weighted by molar-refractivity contribution is 6.07. The first kappa shape index (κ1) is 24.0. The summed E-state index contributed by atoms with van der Waals surface area (Å²) in [5, 5.41) is 4.23. The van der Waals surface area contributed by atoms with E-state index in [1.54, 1.807) is 4.90 Å². The van der Waals surface area contributed by atoms with Gasteiger partial charge in [0.1, 0.15) is 12.3 Å². The number of ether oxygens (including phenoxy) is 1. The first-order valence-corrected chi connectivity index (χ1v) is 12.9. The molecule has 0 spiro atoms. The zero-order valence-electron chi connectivity index (χ0n) is 21.1.